The van der Waals surface area contributed by atoms with Gasteiger partial charge in [0.25, 0.3) is 0 Å². The van der Waals surface area contributed by atoms with E-state index in [0.29, 0.717) is 36.2 Å². The number of aliphatic imine (C=N–C) groups is 1. The molecule has 7 heteroatoms. The van der Waals surface area contributed by atoms with E-state index in [1.165, 1.54) is 6.07 Å². The van der Waals surface area contributed by atoms with Crippen molar-refractivity contribution in [1.29, 1.82) is 0 Å². The molecule has 1 atom stereocenters. The molecule has 140 valence electrons. The highest BCUT2D eigenvalue weighted by Crippen LogP contribution is 2.32. The average molecular weight is 371 g/mol. The molecule has 0 amide bonds. The normalized spacial score (nSPS) is 16.9. The van der Waals surface area contributed by atoms with Crippen molar-refractivity contribution in [3.05, 3.63) is 34.6 Å². The zero-order valence-corrected chi connectivity index (χ0v) is 15.8. The number of rotatable bonds is 8. The van der Waals surface area contributed by atoms with Crippen LogP contribution in [0.1, 0.15) is 31.4 Å². The van der Waals surface area contributed by atoms with E-state index in [2.05, 4.69) is 20.5 Å². The van der Waals surface area contributed by atoms with Crippen LogP contribution in [0.3, 0.4) is 0 Å². The first-order valence-electron chi connectivity index (χ1n) is 8.86. The maximum Gasteiger partial charge on any atom is 0.191 e. The van der Waals surface area contributed by atoms with E-state index in [1.54, 1.807) is 19.2 Å². The number of hydrogen-bond donors (Lipinski definition) is 2. The van der Waals surface area contributed by atoms with E-state index in [-0.39, 0.29) is 11.9 Å². The fraction of sp³-hybridized carbons (Fsp3) is 0.611. The van der Waals surface area contributed by atoms with E-state index < -0.39 is 0 Å². The fourth-order valence-electron chi connectivity index (χ4n) is 3.06. The summed E-state index contributed by atoms with van der Waals surface area (Å²) in [5.41, 5.74) is 0.544. The zero-order valence-electron chi connectivity index (χ0n) is 15.0. The van der Waals surface area contributed by atoms with Gasteiger partial charge < -0.3 is 15.4 Å². The van der Waals surface area contributed by atoms with Crippen LogP contribution in [-0.2, 0) is 4.74 Å². The van der Waals surface area contributed by atoms with Crippen molar-refractivity contribution in [1.82, 2.24) is 15.5 Å². The Labute approximate surface area is 154 Å². The molecular weight excluding hydrogens is 343 g/mol. The van der Waals surface area contributed by atoms with Crippen LogP contribution in [0.4, 0.5) is 4.39 Å². The molecule has 1 aliphatic rings. The Hall–Kier alpha value is -1.37. The lowest BCUT2D eigenvalue weighted by atomic mass is 10.0. The second-order valence-corrected chi connectivity index (χ2v) is 6.44. The maximum absolute atomic E-state index is 14.5. The Kier molecular flexibility index (Phi) is 8.44. The molecule has 0 radical (unpaired) electrons. The van der Waals surface area contributed by atoms with E-state index in [4.69, 9.17) is 16.3 Å². The van der Waals surface area contributed by atoms with Crippen LogP contribution >= 0.6 is 11.6 Å². The van der Waals surface area contributed by atoms with Gasteiger partial charge in [-0.25, -0.2) is 4.39 Å². The van der Waals surface area contributed by atoms with Crippen molar-refractivity contribution in [3.63, 3.8) is 0 Å². The van der Waals surface area contributed by atoms with E-state index in [0.717, 1.165) is 32.5 Å². The molecule has 0 aromatic heterocycles. The summed E-state index contributed by atoms with van der Waals surface area (Å²) in [7, 11) is 1.66. The van der Waals surface area contributed by atoms with Crippen LogP contribution in [0.25, 0.3) is 0 Å². The van der Waals surface area contributed by atoms with Crippen molar-refractivity contribution in [2.24, 2.45) is 4.99 Å². The standard InChI is InChI=1S/C18H28ClFN4O/c1-3-21-18(22-9-12-25-2)23-13-16(24-10-4-5-11-24)17-14(19)7-6-8-15(17)20/h6-8,16H,3-5,9-13H2,1-2H3,(H2,21,22,23). The summed E-state index contributed by atoms with van der Waals surface area (Å²) >= 11 is 6.32. The summed E-state index contributed by atoms with van der Waals surface area (Å²) in [6, 6.07) is 4.70. The minimum atomic E-state index is -0.267. The predicted octanol–water partition coefficient (Wildman–Crippen LogP) is 2.82. The third kappa shape index (κ3) is 5.83. The number of benzene rings is 1. The molecule has 5 nitrogen and oxygen atoms in total. The third-order valence-corrected chi connectivity index (χ3v) is 4.61. The van der Waals surface area contributed by atoms with Crippen LogP contribution in [0.5, 0.6) is 0 Å². The average Bonchev–Trinajstić information content (AvgIpc) is 3.11. The lowest BCUT2D eigenvalue weighted by Gasteiger charge is -2.28. The third-order valence-electron chi connectivity index (χ3n) is 4.28. The molecule has 1 heterocycles. The van der Waals surface area contributed by atoms with Gasteiger partial charge in [-0.05, 0) is 45.0 Å². The van der Waals surface area contributed by atoms with Gasteiger partial charge >= 0.3 is 0 Å². The lowest BCUT2D eigenvalue weighted by Crippen LogP contribution is -2.40. The zero-order chi connectivity index (χ0) is 18.1. The van der Waals surface area contributed by atoms with Gasteiger partial charge in [0.2, 0.25) is 0 Å². The van der Waals surface area contributed by atoms with Crippen molar-refractivity contribution in [3.8, 4) is 0 Å². The summed E-state index contributed by atoms with van der Waals surface area (Å²) in [4.78, 5) is 6.93. The summed E-state index contributed by atoms with van der Waals surface area (Å²) in [5.74, 6) is 0.438. The van der Waals surface area contributed by atoms with E-state index in [9.17, 15) is 4.39 Å². The highest BCUT2D eigenvalue weighted by molar-refractivity contribution is 6.31. The molecule has 1 fully saturated rings. The van der Waals surface area contributed by atoms with Crippen LogP contribution in [0.2, 0.25) is 5.02 Å². The fourth-order valence-corrected chi connectivity index (χ4v) is 3.35. The number of nitrogens with zero attached hydrogens (tertiary/aromatic N) is 2. The van der Waals surface area contributed by atoms with Crippen LogP contribution < -0.4 is 10.6 Å². The molecule has 0 bridgehead atoms. The van der Waals surface area contributed by atoms with Crippen LogP contribution in [-0.4, -0.2) is 57.3 Å². The molecule has 0 saturated carbocycles. The smallest absolute Gasteiger partial charge is 0.191 e. The first-order chi connectivity index (χ1) is 12.2. The Bertz CT molecular complexity index is 544. The van der Waals surface area contributed by atoms with Gasteiger partial charge in [-0.2, -0.15) is 0 Å². The number of likely N-dealkylation sites (tertiary alicyclic amines) is 1. The lowest BCUT2D eigenvalue weighted by molar-refractivity contribution is 0.203. The Balaban J connectivity index is 2.19. The molecule has 1 aromatic rings. The van der Waals surface area contributed by atoms with Crippen LogP contribution in [0, 0.1) is 5.82 Å². The predicted molar refractivity (Wildman–Crippen MR) is 101 cm³/mol. The summed E-state index contributed by atoms with van der Waals surface area (Å²) < 4.78 is 19.5. The monoisotopic (exact) mass is 370 g/mol. The second kappa shape index (κ2) is 10.6. The van der Waals surface area contributed by atoms with Crippen molar-refractivity contribution < 1.29 is 9.13 Å². The van der Waals surface area contributed by atoms with E-state index >= 15 is 0 Å². The molecular formula is C18H28ClFN4O. The van der Waals surface area contributed by atoms with Gasteiger partial charge in [0, 0.05) is 30.8 Å². The van der Waals surface area contributed by atoms with Crippen molar-refractivity contribution >= 4 is 17.6 Å². The minimum absolute atomic E-state index is 0.158. The quantitative estimate of drug-likeness (QED) is 0.419. The number of methoxy groups -OCH3 is 1. The topological polar surface area (TPSA) is 48.9 Å². The Morgan fingerprint density at radius 3 is 2.76 bits per heavy atom. The first kappa shape index (κ1) is 19.9. The molecule has 0 aliphatic carbocycles. The minimum Gasteiger partial charge on any atom is -0.383 e. The highest BCUT2D eigenvalue weighted by atomic mass is 35.5. The molecule has 2 N–H and O–H groups in total. The number of nitrogens with one attached hydrogen (secondary N) is 2. The summed E-state index contributed by atoms with van der Waals surface area (Å²) in [6.07, 6.45) is 2.25. The van der Waals surface area contributed by atoms with Crippen LogP contribution in [0.15, 0.2) is 23.2 Å². The van der Waals surface area contributed by atoms with Gasteiger partial charge in [-0.15, -0.1) is 0 Å². The molecule has 0 spiro atoms. The maximum atomic E-state index is 14.5. The van der Waals surface area contributed by atoms with Gasteiger partial charge in [0.1, 0.15) is 5.82 Å². The first-order valence-corrected chi connectivity index (χ1v) is 9.24. The summed E-state index contributed by atoms with van der Waals surface area (Å²) in [5, 5.41) is 6.89. The van der Waals surface area contributed by atoms with Gasteiger partial charge in [0.05, 0.1) is 19.2 Å². The molecule has 2 rings (SSSR count). The largest absolute Gasteiger partial charge is 0.383 e. The SMILES string of the molecule is CCNC(=NCC(c1c(F)cccc1Cl)N1CCCC1)NCCOC. The van der Waals surface area contributed by atoms with Gasteiger partial charge in [0.15, 0.2) is 5.96 Å². The Morgan fingerprint density at radius 1 is 1.36 bits per heavy atom. The molecule has 1 unspecified atom stereocenters. The van der Waals surface area contributed by atoms with E-state index in [1.807, 2.05) is 6.92 Å². The molecule has 1 aromatic carbocycles. The van der Waals surface area contributed by atoms with Crippen molar-refractivity contribution in [2.75, 3.05) is 46.4 Å². The summed E-state index contributed by atoms with van der Waals surface area (Å²) in [6.45, 7) is 6.36. The number of ether oxygens (including phenoxy) is 1. The molecule has 1 aliphatic heterocycles. The van der Waals surface area contributed by atoms with Crippen molar-refractivity contribution in [2.45, 2.75) is 25.8 Å². The van der Waals surface area contributed by atoms with Gasteiger partial charge in [-0.3, -0.25) is 9.89 Å². The molecule has 1 saturated heterocycles. The number of halogens is 2. The molecule has 25 heavy (non-hydrogen) atoms. The number of hydrogen-bond acceptors (Lipinski definition) is 3. The van der Waals surface area contributed by atoms with Gasteiger partial charge in [-0.1, -0.05) is 17.7 Å². The Morgan fingerprint density at radius 2 is 2.12 bits per heavy atom. The number of guanidine groups is 1. The highest BCUT2D eigenvalue weighted by Gasteiger charge is 2.27. The second-order valence-electron chi connectivity index (χ2n) is 6.03.